The number of hydrogen-bond donors (Lipinski definition) is 1. The van der Waals surface area contributed by atoms with E-state index in [2.05, 4.69) is 5.10 Å². The van der Waals surface area contributed by atoms with Crippen LogP contribution in [0.4, 0.5) is 24.5 Å². The van der Waals surface area contributed by atoms with Gasteiger partial charge in [0.15, 0.2) is 5.71 Å². The first-order valence-electron chi connectivity index (χ1n) is 4.71. The van der Waals surface area contributed by atoms with Gasteiger partial charge in [0.05, 0.1) is 12.1 Å². The highest BCUT2D eigenvalue weighted by molar-refractivity contribution is 6.14. The molecule has 0 saturated carbocycles. The van der Waals surface area contributed by atoms with Crippen molar-refractivity contribution < 1.29 is 18.0 Å². The number of anilines is 2. The third-order valence-electron chi connectivity index (χ3n) is 2.22. The highest BCUT2D eigenvalue weighted by atomic mass is 19.4. The van der Waals surface area contributed by atoms with E-state index >= 15 is 0 Å². The van der Waals surface area contributed by atoms with E-state index < -0.39 is 24.2 Å². The van der Waals surface area contributed by atoms with E-state index in [1.807, 2.05) is 0 Å². The Morgan fingerprint density at radius 2 is 2.06 bits per heavy atom. The third-order valence-corrected chi connectivity index (χ3v) is 2.22. The molecule has 7 heteroatoms. The number of carbonyl (C=O) groups is 1. The Hall–Kier alpha value is -2.05. The van der Waals surface area contributed by atoms with Crippen LogP contribution in [0, 0.1) is 0 Å². The number of alkyl halides is 3. The van der Waals surface area contributed by atoms with Crippen molar-refractivity contribution in [1.29, 1.82) is 0 Å². The van der Waals surface area contributed by atoms with Gasteiger partial charge in [0.2, 0.25) is 0 Å². The molecular formula is C10H8F3N3O. The Labute approximate surface area is 94.5 Å². The number of rotatable bonds is 1. The lowest BCUT2D eigenvalue weighted by Crippen LogP contribution is -2.22. The normalized spacial score (nSPS) is 16.3. The van der Waals surface area contributed by atoms with Crippen LogP contribution >= 0.6 is 0 Å². The fourth-order valence-corrected chi connectivity index (χ4v) is 1.45. The zero-order chi connectivity index (χ0) is 12.6. The predicted octanol–water partition coefficient (Wildman–Crippen LogP) is 1.92. The molecule has 1 aliphatic rings. The molecule has 2 N–H and O–H groups in total. The number of hydrogen-bond acceptors (Lipinski definition) is 3. The molecule has 1 amide bonds. The van der Waals surface area contributed by atoms with Crippen molar-refractivity contribution >= 4 is 23.0 Å². The molecule has 0 fully saturated rings. The van der Waals surface area contributed by atoms with Crippen molar-refractivity contribution in [2.75, 3.05) is 10.7 Å². The first kappa shape index (κ1) is 11.4. The molecule has 0 radical (unpaired) electrons. The van der Waals surface area contributed by atoms with Crippen LogP contribution in [0.3, 0.4) is 0 Å². The summed E-state index contributed by atoms with van der Waals surface area (Å²) in [5.41, 5.74) is 4.97. The summed E-state index contributed by atoms with van der Waals surface area (Å²) < 4.78 is 37.1. The minimum Gasteiger partial charge on any atom is -0.399 e. The minimum atomic E-state index is -4.58. The monoisotopic (exact) mass is 243 g/mol. The summed E-state index contributed by atoms with van der Waals surface area (Å²) in [6, 6.07) is 5.97. The molecule has 0 aromatic heterocycles. The lowest BCUT2D eigenvalue weighted by atomic mass is 10.2. The highest BCUT2D eigenvalue weighted by Crippen LogP contribution is 2.28. The zero-order valence-corrected chi connectivity index (χ0v) is 8.53. The summed E-state index contributed by atoms with van der Waals surface area (Å²) in [6.45, 7) is 0. The maximum Gasteiger partial charge on any atom is 0.431 e. The predicted molar refractivity (Wildman–Crippen MR) is 56.4 cm³/mol. The smallest absolute Gasteiger partial charge is 0.399 e. The molecule has 0 unspecified atom stereocenters. The number of hydrazone groups is 1. The van der Waals surface area contributed by atoms with E-state index in [1.165, 1.54) is 12.1 Å². The topological polar surface area (TPSA) is 58.7 Å². The first-order chi connectivity index (χ1) is 7.88. The largest absolute Gasteiger partial charge is 0.431 e. The van der Waals surface area contributed by atoms with Crippen LogP contribution in [0.1, 0.15) is 6.42 Å². The van der Waals surface area contributed by atoms with E-state index in [0.717, 1.165) is 5.01 Å². The lowest BCUT2D eigenvalue weighted by molar-refractivity contribution is -0.117. The van der Waals surface area contributed by atoms with E-state index in [9.17, 15) is 18.0 Å². The fraction of sp³-hybridized carbons (Fsp3) is 0.200. The van der Waals surface area contributed by atoms with Gasteiger partial charge in [0, 0.05) is 5.69 Å². The van der Waals surface area contributed by atoms with Crippen molar-refractivity contribution in [2.24, 2.45) is 5.10 Å². The molecule has 1 aromatic carbocycles. The van der Waals surface area contributed by atoms with Crippen LogP contribution in [0.5, 0.6) is 0 Å². The maximum atomic E-state index is 12.4. The van der Waals surface area contributed by atoms with Crippen LogP contribution in [0.25, 0.3) is 0 Å². The molecule has 90 valence electrons. The molecule has 0 aliphatic carbocycles. The molecule has 0 saturated heterocycles. The minimum absolute atomic E-state index is 0.231. The van der Waals surface area contributed by atoms with E-state index in [-0.39, 0.29) is 5.69 Å². The molecule has 1 aromatic rings. The Kier molecular flexibility index (Phi) is 2.53. The summed E-state index contributed by atoms with van der Waals surface area (Å²) in [7, 11) is 0. The van der Waals surface area contributed by atoms with E-state index in [1.54, 1.807) is 12.1 Å². The summed E-state index contributed by atoms with van der Waals surface area (Å²) in [4.78, 5) is 11.4. The molecule has 17 heavy (non-hydrogen) atoms. The van der Waals surface area contributed by atoms with Gasteiger partial charge in [-0.3, -0.25) is 4.79 Å². The lowest BCUT2D eigenvalue weighted by Gasteiger charge is -2.11. The van der Waals surface area contributed by atoms with Crippen LogP contribution in [0.2, 0.25) is 0 Å². The van der Waals surface area contributed by atoms with Crippen molar-refractivity contribution in [3.8, 4) is 0 Å². The van der Waals surface area contributed by atoms with Crippen LogP contribution in [0.15, 0.2) is 29.4 Å². The van der Waals surface area contributed by atoms with Crippen molar-refractivity contribution in [1.82, 2.24) is 0 Å². The third kappa shape index (κ3) is 2.22. The number of benzene rings is 1. The molecule has 4 nitrogen and oxygen atoms in total. The first-order valence-corrected chi connectivity index (χ1v) is 4.71. The van der Waals surface area contributed by atoms with Crippen LogP contribution < -0.4 is 10.7 Å². The number of nitrogen functional groups attached to an aromatic ring is 1. The summed E-state index contributed by atoms with van der Waals surface area (Å²) in [5, 5.41) is 3.99. The second-order valence-electron chi connectivity index (χ2n) is 3.52. The zero-order valence-electron chi connectivity index (χ0n) is 8.53. The van der Waals surface area contributed by atoms with Gasteiger partial charge in [-0.2, -0.15) is 18.3 Å². The molecule has 2 rings (SSSR count). The van der Waals surface area contributed by atoms with Crippen molar-refractivity contribution in [3.05, 3.63) is 24.3 Å². The average molecular weight is 243 g/mol. The summed E-state index contributed by atoms with van der Waals surface area (Å²) in [6.07, 6.45) is -5.32. The molecule has 0 bridgehead atoms. The number of carbonyl (C=O) groups excluding carboxylic acids is 1. The van der Waals surface area contributed by atoms with Gasteiger partial charge in [0.1, 0.15) is 0 Å². The van der Waals surface area contributed by atoms with Crippen LogP contribution in [-0.4, -0.2) is 17.8 Å². The number of nitrogens with two attached hydrogens (primary N) is 1. The number of nitrogens with zero attached hydrogens (tertiary/aromatic N) is 2. The van der Waals surface area contributed by atoms with E-state index in [0.29, 0.717) is 5.69 Å². The van der Waals surface area contributed by atoms with E-state index in [4.69, 9.17) is 5.73 Å². The number of halogens is 3. The summed E-state index contributed by atoms with van der Waals surface area (Å²) >= 11 is 0. The fourth-order valence-electron chi connectivity index (χ4n) is 1.45. The molecule has 0 spiro atoms. The summed E-state index contributed by atoms with van der Waals surface area (Å²) in [5.74, 6) is -0.720. The van der Waals surface area contributed by atoms with Crippen molar-refractivity contribution in [2.45, 2.75) is 12.6 Å². The van der Waals surface area contributed by atoms with Crippen LogP contribution in [-0.2, 0) is 4.79 Å². The van der Waals surface area contributed by atoms with Gasteiger partial charge in [-0.05, 0) is 18.2 Å². The van der Waals surface area contributed by atoms with Gasteiger partial charge >= 0.3 is 6.18 Å². The Bertz CT molecular complexity index is 496. The Balaban J connectivity index is 2.34. The van der Waals surface area contributed by atoms with Gasteiger partial charge in [-0.15, -0.1) is 0 Å². The number of amides is 1. The van der Waals surface area contributed by atoms with Gasteiger partial charge in [0.25, 0.3) is 5.91 Å². The SMILES string of the molecule is Nc1cccc(N2N=C(C(F)(F)F)CC2=O)c1. The highest BCUT2D eigenvalue weighted by Gasteiger charge is 2.42. The molecular weight excluding hydrogens is 235 g/mol. The van der Waals surface area contributed by atoms with Gasteiger partial charge in [-0.25, -0.2) is 5.01 Å². The molecule has 0 atom stereocenters. The van der Waals surface area contributed by atoms with Gasteiger partial charge < -0.3 is 5.73 Å². The average Bonchev–Trinajstić information content (AvgIpc) is 2.60. The standard InChI is InChI=1S/C10H8F3N3O/c11-10(12,13)8-5-9(17)16(15-8)7-3-1-2-6(14)4-7/h1-4H,5,14H2. The van der Waals surface area contributed by atoms with Crippen molar-refractivity contribution in [3.63, 3.8) is 0 Å². The quantitative estimate of drug-likeness (QED) is 0.766. The Morgan fingerprint density at radius 1 is 1.35 bits per heavy atom. The van der Waals surface area contributed by atoms with Gasteiger partial charge in [-0.1, -0.05) is 6.07 Å². The molecule has 1 aliphatic heterocycles. The second-order valence-corrected chi connectivity index (χ2v) is 3.52. The second kappa shape index (κ2) is 3.76. The molecule has 1 heterocycles. The maximum absolute atomic E-state index is 12.4. The Morgan fingerprint density at radius 3 is 2.59 bits per heavy atom.